The molecule has 0 bridgehead atoms. The predicted octanol–water partition coefficient (Wildman–Crippen LogP) is 1.36. The van der Waals surface area contributed by atoms with E-state index in [1.807, 2.05) is 0 Å². The maximum Gasteiger partial charge on any atom is 0.411 e. The molecular formula is C9H11F5N2O3. The third-order valence-electron chi connectivity index (χ3n) is 1.92. The third-order valence-corrected chi connectivity index (χ3v) is 1.92. The monoisotopic (exact) mass is 290 g/mol. The number of hydrogen-bond acceptors (Lipinski definition) is 5. The first-order valence-electron chi connectivity index (χ1n) is 5.20. The molecule has 1 N–H and O–H groups in total. The fourth-order valence-corrected chi connectivity index (χ4v) is 1.09. The normalized spacial score (nSPS) is 14.1. The van der Waals surface area contributed by atoms with Gasteiger partial charge in [-0.15, -0.1) is 0 Å². The molecule has 0 saturated heterocycles. The summed E-state index contributed by atoms with van der Waals surface area (Å²) in [6.07, 6.45) is -9.84. The molecule has 0 radical (unpaired) electrons. The van der Waals surface area contributed by atoms with Crippen molar-refractivity contribution in [2.75, 3.05) is 13.2 Å². The van der Waals surface area contributed by atoms with Crippen LogP contribution in [0.15, 0.2) is 4.52 Å². The molecule has 1 aromatic rings. The Hall–Kier alpha value is -1.29. The quantitative estimate of drug-likeness (QED) is 0.606. The van der Waals surface area contributed by atoms with Gasteiger partial charge in [-0.05, 0) is 0 Å². The highest BCUT2D eigenvalue weighted by atomic mass is 19.4. The molecule has 0 aliphatic heterocycles. The smallest absolute Gasteiger partial charge is 0.387 e. The summed E-state index contributed by atoms with van der Waals surface area (Å²) >= 11 is 0. The number of hydrogen-bond donors (Lipinski definition) is 1. The van der Waals surface area contributed by atoms with Crippen molar-refractivity contribution in [1.82, 2.24) is 10.1 Å². The largest absolute Gasteiger partial charge is 0.411 e. The highest BCUT2D eigenvalue weighted by molar-refractivity contribution is 4.88. The molecule has 1 aromatic heterocycles. The van der Waals surface area contributed by atoms with Crippen molar-refractivity contribution in [3.63, 3.8) is 0 Å². The van der Waals surface area contributed by atoms with Crippen LogP contribution in [0, 0.1) is 0 Å². The summed E-state index contributed by atoms with van der Waals surface area (Å²) in [4.78, 5) is 3.63. The van der Waals surface area contributed by atoms with Gasteiger partial charge in [0.1, 0.15) is 12.7 Å². The van der Waals surface area contributed by atoms with Crippen molar-refractivity contribution in [2.45, 2.75) is 31.5 Å². The first-order chi connectivity index (χ1) is 8.78. The fraction of sp³-hybridized carbons (Fsp3) is 0.778. The molecule has 1 heterocycles. The molecule has 0 aliphatic carbocycles. The molecule has 0 aliphatic rings. The van der Waals surface area contributed by atoms with Crippen molar-refractivity contribution < 1.29 is 36.3 Å². The Kier molecular flexibility index (Phi) is 5.60. The second kappa shape index (κ2) is 6.75. The van der Waals surface area contributed by atoms with Crippen LogP contribution in [-0.4, -0.2) is 47.2 Å². The van der Waals surface area contributed by atoms with Crippen LogP contribution in [0.4, 0.5) is 22.0 Å². The van der Waals surface area contributed by atoms with Crippen molar-refractivity contribution in [3.8, 4) is 0 Å². The van der Waals surface area contributed by atoms with E-state index in [0.29, 0.717) is 0 Å². The lowest BCUT2D eigenvalue weighted by Crippen LogP contribution is -2.20. The van der Waals surface area contributed by atoms with Crippen LogP contribution >= 0.6 is 0 Å². The first kappa shape index (κ1) is 15.8. The van der Waals surface area contributed by atoms with Gasteiger partial charge in [-0.2, -0.15) is 18.2 Å². The molecular weight excluding hydrogens is 279 g/mol. The highest BCUT2D eigenvalue weighted by Crippen LogP contribution is 2.14. The zero-order valence-electron chi connectivity index (χ0n) is 9.53. The van der Waals surface area contributed by atoms with E-state index in [4.69, 9.17) is 5.11 Å². The molecule has 0 saturated carbocycles. The number of ether oxygens (including phenoxy) is 1. The number of aromatic nitrogens is 2. The number of alkyl halides is 5. The number of rotatable bonds is 7. The zero-order chi connectivity index (χ0) is 14.5. The van der Waals surface area contributed by atoms with Gasteiger partial charge >= 0.3 is 6.18 Å². The van der Waals surface area contributed by atoms with Gasteiger partial charge in [-0.3, -0.25) is 0 Å². The Morgan fingerprint density at radius 1 is 1.32 bits per heavy atom. The number of halogens is 5. The molecule has 0 aromatic carbocycles. The summed E-state index contributed by atoms with van der Waals surface area (Å²) in [5, 5.41) is 12.2. The summed E-state index contributed by atoms with van der Waals surface area (Å²) in [6, 6.07) is 0. The average Bonchev–Trinajstić information content (AvgIpc) is 2.71. The molecule has 10 heteroatoms. The predicted molar refractivity (Wildman–Crippen MR) is 50.6 cm³/mol. The number of nitrogens with zero attached hydrogens (tertiary/aromatic N) is 2. The minimum Gasteiger partial charge on any atom is -0.387 e. The molecule has 1 atom stereocenters. The van der Waals surface area contributed by atoms with Gasteiger partial charge in [0.2, 0.25) is 5.89 Å². The maximum absolute atomic E-state index is 12.0. The van der Waals surface area contributed by atoms with Crippen LogP contribution < -0.4 is 0 Å². The van der Waals surface area contributed by atoms with Crippen molar-refractivity contribution >= 4 is 0 Å². The zero-order valence-corrected chi connectivity index (χ0v) is 9.53. The van der Waals surface area contributed by atoms with Crippen LogP contribution in [-0.2, 0) is 17.6 Å². The van der Waals surface area contributed by atoms with E-state index in [-0.39, 0.29) is 24.7 Å². The van der Waals surface area contributed by atoms with Gasteiger partial charge < -0.3 is 14.4 Å². The van der Waals surface area contributed by atoms with Crippen molar-refractivity contribution in [1.29, 1.82) is 0 Å². The summed E-state index contributed by atoms with van der Waals surface area (Å²) in [5.41, 5.74) is 0. The Morgan fingerprint density at radius 2 is 2.00 bits per heavy atom. The summed E-state index contributed by atoms with van der Waals surface area (Å²) < 4.78 is 68.1. The third kappa shape index (κ3) is 6.43. The van der Waals surface area contributed by atoms with Gasteiger partial charge in [0.25, 0.3) is 6.43 Å². The summed E-state index contributed by atoms with van der Waals surface area (Å²) in [6.45, 7) is -1.67. The van der Waals surface area contributed by atoms with E-state index < -0.39 is 31.7 Å². The molecule has 0 fully saturated rings. The number of aliphatic hydroxyl groups is 1. The van der Waals surface area contributed by atoms with Crippen LogP contribution in [0.5, 0.6) is 0 Å². The molecule has 19 heavy (non-hydrogen) atoms. The van der Waals surface area contributed by atoms with E-state index in [2.05, 4.69) is 19.4 Å². The van der Waals surface area contributed by atoms with Crippen molar-refractivity contribution in [2.24, 2.45) is 0 Å². The van der Waals surface area contributed by atoms with Crippen molar-refractivity contribution in [3.05, 3.63) is 11.7 Å². The minimum absolute atomic E-state index is 0.0265. The van der Waals surface area contributed by atoms with E-state index >= 15 is 0 Å². The van der Waals surface area contributed by atoms with Gasteiger partial charge in [0.05, 0.1) is 13.0 Å². The lowest BCUT2D eigenvalue weighted by molar-refractivity contribution is -0.173. The molecule has 1 rings (SSSR count). The van der Waals surface area contributed by atoms with Gasteiger partial charge in [0.15, 0.2) is 5.82 Å². The summed E-state index contributed by atoms with van der Waals surface area (Å²) in [7, 11) is 0. The Labute approximate surface area is 104 Å². The van der Waals surface area contributed by atoms with Crippen LogP contribution in [0.3, 0.4) is 0 Å². The molecule has 1 unspecified atom stereocenters. The van der Waals surface area contributed by atoms with E-state index in [9.17, 15) is 22.0 Å². The lowest BCUT2D eigenvalue weighted by atomic mass is 10.2. The molecule has 0 spiro atoms. The topological polar surface area (TPSA) is 68.4 Å². The molecule has 5 nitrogen and oxygen atoms in total. The van der Waals surface area contributed by atoms with Gasteiger partial charge in [0, 0.05) is 6.42 Å². The van der Waals surface area contributed by atoms with Gasteiger partial charge in [-0.25, -0.2) is 8.78 Å². The van der Waals surface area contributed by atoms with Gasteiger partial charge in [-0.1, -0.05) is 5.16 Å². The van der Waals surface area contributed by atoms with E-state index in [1.54, 1.807) is 0 Å². The highest BCUT2D eigenvalue weighted by Gasteiger charge is 2.27. The minimum atomic E-state index is -4.41. The van der Waals surface area contributed by atoms with E-state index in [1.165, 1.54) is 0 Å². The Morgan fingerprint density at radius 3 is 2.58 bits per heavy atom. The number of aliphatic hydroxyl groups excluding tert-OH is 1. The SMILES string of the molecule is OC(Cc1nc(CCOCC(F)(F)F)no1)C(F)F. The average molecular weight is 290 g/mol. The van der Waals surface area contributed by atoms with E-state index in [0.717, 1.165) is 0 Å². The second-order valence-corrected chi connectivity index (χ2v) is 3.63. The lowest BCUT2D eigenvalue weighted by Gasteiger charge is -2.05. The Balaban J connectivity index is 2.31. The maximum atomic E-state index is 12.0. The molecule has 110 valence electrons. The van der Waals surface area contributed by atoms with Crippen LogP contribution in [0.2, 0.25) is 0 Å². The molecule has 0 amide bonds. The second-order valence-electron chi connectivity index (χ2n) is 3.63. The first-order valence-corrected chi connectivity index (χ1v) is 5.20. The van der Waals surface area contributed by atoms with Crippen LogP contribution in [0.25, 0.3) is 0 Å². The Bertz CT molecular complexity index is 382. The standard InChI is InChI=1S/C9H11F5N2O3/c10-8(11)5(17)3-7-15-6(16-19-7)1-2-18-4-9(12,13)14/h5,8,17H,1-4H2. The van der Waals surface area contributed by atoms with Crippen LogP contribution in [0.1, 0.15) is 11.7 Å². The summed E-state index contributed by atoms with van der Waals surface area (Å²) in [5.74, 6) is -0.183. The fourth-order valence-electron chi connectivity index (χ4n) is 1.09.